The monoisotopic (exact) mass is 273 g/mol. The molecular formula is C16H16FNO2. The number of ether oxygens (including phenoxy) is 2. The lowest BCUT2D eigenvalue weighted by Gasteiger charge is -2.15. The minimum atomic E-state index is -0.230. The maximum Gasteiger partial charge on any atom is 0.231 e. The Morgan fingerprint density at radius 2 is 1.95 bits per heavy atom. The summed E-state index contributed by atoms with van der Waals surface area (Å²) in [5.74, 6) is 1.39. The van der Waals surface area contributed by atoms with Gasteiger partial charge in [-0.1, -0.05) is 18.2 Å². The summed E-state index contributed by atoms with van der Waals surface area (Å²) in [5, 5.41) is 0. The highest BCUT2D eigenvalue weighted by atomic mass is 19.1. The van der Waals surface area contributed by atoms with Gasteiger partial charge in [0.2, 0.25) is 6.79 Å². The van der Waals surface area contributed by atoms with Gasteiger partial charge in [-0.05, 0) is 48.4 Å². The first-order chi connectivity index (χ1) is 9.76. The third-order valence-corrected chi connectivity index (χ3v) is 3.52. The third-order valence-electron chi connectivity index (χ3n) is 3.52. The highest BCUT2D eigenvalue weighted by molar-refractivity contribution is 5.45. The van der Waals surface area contributed by atoms with E-state index in [0.29, 0.717) is 6.54 Å². The van der Waals surface area contributed by atoms with Crippen molar-refractivity contribution < 1.29 is 13.9 Å². The smallest absolute Gasteiger partial charge is 0.231 e. The summed E-state index contributed by atoms with van der Waals surface area (Å²) in [5.41, 5.74) is 7.86. The molecule has 4 heteroatoms. The van der Waals surface area contributed by atoms with Gasteiger partial charge in [0.05, 0.1) is 0 Å². The van der Waals surface area contributed by atoms with Crippen molar-refractivity contribution in [2.75, 3.05) is 13.3 Å². The molecule has 1 atom stereocenters. The summed E-state index contributed by atoms with van der Waals surface area (Å²) in [7, 11) is 0. The Kier molecular flexibility index (Phi) is 3.56. The van der Waals surface area contributed by atoms with E-state index in [-0.39, 0.29) is 18.5 Å². The molecule has 2 aromatic carbocycles. The van der Waals surface area contributed by atoms with Crippen LogP contribution in [0.15, 0.2) is 42.5 Å². The molecule has 0 saturated heterocycles. The van der Waals surface area contributed by atoms with Gasteiger partial charge in [0.15, 0.2) is 11.5 Å². The van der Waals surface area contributed by atoms with E-state index in [1.807, 2.05) is 24.3 Å². The lowest BCUT2D eigenvalue weighted by molar-refractivity contribution is 0.174. The van der Waals surface area contributed by atoms with Crippen LogP contribution in [0.2, 0.25) is 0 Å². The van der Waals surface area contributed by atoms with Gasteiger partial charge in [-0.25, -0.2) is 4.39 Å². The molecule has 0 aromatic heterocycles. The number of halogens is 1. The lowest BCUT2D eigenvalue weighted by atomic mass is 9.92. The Morgan fingerprint density at radius 3 is 2.75 bits per heavy atom. The van der Waals surface area contributed by atoms with Crippen molar-refractivity contribution in [1.29, 1.82) is 0 Å². The Labute approximate surface area is 117 Å². The SMILES string of the molecule is NCC(Cc1ccc2c(c1)OCO2)c1cccc(F)c1. The van der Waals surface area contributed by atoms with Crippen LogP contribution in [0.5, 0.6) is 11.5 Å². The Morgan fingerprint density at radius 1 is 1.10 bits per heavy atom. The molecule has 0 radical (unpaired) electrons. The van der Waals surface area contributed by atoms with E-state index in [1.54, 1.807) is 12.1 Å². The fourth-order valence-corrected chi connectivity index (χ4v) is 2.45. The number of hydrogen-bond donors (Lipinski definition) is 1. The summed E-state index contributed by atoms with van der Waals surface area (Å²) in [6.45, 7) is 0.737. The van der Waals surface area contributed by atoms with Crippen LogP contribution in [0.3, 0.4) is 0 Å². The fourth-order valence-electron chi connectivity index (χ4n) is 2.45. The molecule has 1 aliphatic rings. The van der Waals surface area contributed by atoms with Crippen LogP contribution in [0.25, 0.3) is 0 Å². The fraction of sp³-hybridized carbons (Fsp3) is 0.250. The summed E-state index contributed by atoms with van der Waals surface area (Å²) in [6.07, 6.45) is 0.747. The molecule has 1 unspecified atom stereocenters. The number of benzene rings is 2. The van der Waals surface area contributed by atoms with Gasteiger partial charge >= 0.3 is 0 Å². The predicted molar refractivity (Wildman–Crippen MR) is 74.5 cm³/mol. The van der Waals surface area contributed by atoms with Crippen LogP contribution in [0.4, 0.5) is 4.39 Å². The highest BCUT2D eigenvalue weighted by Gasteiger charge is 2.16. The van der Waals surface area contributed by atoms with Crippen molar-refractivity contribution in [3.8, 4) is 11.5 Å². The second kappa shape index (κ2) is 5.51. The molecule has 2 aromatic rings. The second-order valence-corrected chi connectivity index (χ2v) is 4.88. The average Bonchev–Trinajstić information content (AvgIpc) is 2.92. The first kappa shape index (κ1) is 12.9. The van der Waals surface area contributed by atoms with Gasteiger partial charge in [0, 0.05) is 5.92 Å². The molecule has 104 valence electrons. The van der Waals surface area contributed by atoms with E-state index in [2.05, 4.69) is 0 Å². The van der Waals surface area contributed by atoms with Crippen LogP contribution in [0.1, 0.15) is 17.0 Å². The summed E-state index contributed by atoms with van der Waals surface area (Å²) in [6, 6.07) is 12.5. The van der Waals surface area contributed by atoms with E-state index in [9.17, 15) is 4.39 Å². The van der Waals surface area contributed by atoms with Gasteiger partial charge in [-0.15, -0.1) is 0 Å². The molecule has 0 saturated carbocycles. The Hall–Kier alpha value is -2.07. The molecule has 1 heterocycles. The quantitative estimate of drug-likeness (QED) is 0.931. The number of hydrogen-bond acceptors (Lipinski definition) is 3. The van der Waals surface area contributed by atoms with Crippen molar-refractivity contribution in [1.82, 2.24) is 0 Å². The lowest BCUT2D eigenvalue weighted by Crippen LogP contribution is -2.15. The summed E-state index contributed by atoms with van der Waals surface area (Å²) >= 11 is 0. The minimum absolute atomic E-state index is 0.0890. The molecule has 0 amide bonds. The maximum absolute atomic E-state index is 13.3. The normalized spacial score (nSPS) is 14.3. The largest absolute Gasteiger partial charge is 0.454 e. The number of fused-ring (bicyclic) bond motifs is 1. The van der Waals surface area contributed by atoms with Gasteiger partial charge in [-0.2, -0.15) is 0 Å². The van der Waals surface area contributed by atoms with Crippen LogP contribution in [-0.4, -0.2) is 13.3 Å². The van der Waals surface area contributed by atoms with Gasteiger partial charge in [0.25, 0.3) is 0 Å². The van der Waals surface area contributed by atoms with Crippen molar-refractivity contribution in [2.24, 2.45) is 5.73 Å². The zero-order valence-electron chi connectivity index (χ0n) is 11.0. The van der Waals surface area contributed by atoms with Crippen molar-refractivity contribution in [3.63, 3.8) is 0 Å². The average molecular weight is 273 g/mol. The molecule has 1 aliphatic heterocycles. The molecule has 20 heavy (non-hydrogen) atoms. The van der Waals surface area contributed by atoms with Crippen LogP contribution in [-0.2, 0) is 6.42 Å². The number of nitrogens with two attached hydrogens (primary N) is 1. The maximum atomic E-state index is 13.3. The standard InChI is InChI=1S/C16H16FNO2/c17-14-3-1-2-12(8-14)13(9-18)6-11-4-5-15-16(7-11)20-10-19-15/h1-5,7-8,13H,6,9-10,18H2. The van der Waals surface area contributed by atoms with Gasteiger partial charge in [-0.3, -0.25) is 0 Å². The molecule has 0 spiro atoms. The number of rotatable bonds is 4. The van der Waals surface area contributed by atoms with Crippen molar-refractivity contribution >= 4 is 0 Å². The molecular weight excluding hydrogens is 257 g/mol. The first-order valence-electron chi connectivity index (χ1n) is 6.60. The Balaban J connectivity index is 1.81. The van der Waals surface area contributed by atoms with Gasteiger partial charge < -0.3 is 15.2 Å². The van der Waals surface area contributed by atoms with E-state index >= 15 is 0 Å². The van der Waals surface area contributed by atoms with Crippen LogP contribution < -0.4 is 15.2 Å². The zero-order chi connectivity index (χ0) is 13.9. The molecule has 0 fully saturated rings. The summed E-state index contributed by atoms with van der Waals surface area (Å²) in [4.78, 5) is 0. The topological polar surface area (TPSA) is 44.5 Å². The summed E-state index contributed by atoms with van der Waals surface area (Å²) < 4.78 is 24.0. The third kappa shape index (κ3) is 2.60. The zero-order valence-corrected chi connectivity index (χ0v) is 11.0. The van der Waals surface area contributed by atoms with E-state index < -0.39 is 0 Å². The first-order valence-corrected chi connectivity index (χ1v) is 6.60. The second-order valence-electron chi connectivity index (χ2n) is 4.88. The van der Waals surface area contributed by atoms with E-state index in [4.69, 9.17) is 15.2 Å². The predicted octanol–water partition coefficient (Wildman–Crippen LogP) is 2.84. The minimum Gasteiger partial charge on any atom is -0.454 e. The molecule has 3 rings (SSSR count). The van der Waals surface area contributed by atoms with Crippen LogP contribution in [0, 0.1) is 5.82 Å². The molecule has 3 nitrogen and oxygen atoms in total. The van der Waals surface area contributed by atoms with Crippen molar-refractivity contribution in [2.45, 2.75) is 12.3 Å². The molecule has 2 N–H and O–H groups in total. The van der Waals surface area contributed by atoms with Crippen molar-refractivity contribution in [3.05, 3.63) is 59.4 Å². The van der Waals surface area contributed by atoms with E-state index in [0.717, 1.165) is 29.0 Å². The highest BCUT2D eigenvalue weighted by Crippen LogP contribution is 2.33. The van der Waals surface area contributed by atoms with Crippen LogP contribution >= 0.6 is 0 Å². The van der Waals surface area contributed by atoms with Gasteiger partial charge in [0.1, 0.15) is 5.82 Å². The Bertz CT molecular complexity index is 615. The molecule has 0 aliphatic carbocycles. The molecule has 0 bridgehead atoms. The van der Waals surface area contributed by atoms with E-state index in [1.165, 1.54) is 6.07 Å².